The van der Waals surface area contributed by atoms with E-state index >= 15 is 0 Å². The van der Waals surface area contributed by atoms with Gasteiger partial charge in [0.15, 0.2) is 0 Å². The lowest BCUT2D eigenvalue weighted by atomic mass is 9.60. The molecule has 5 unspecified atom stereocenters. The van der Waals surface area contributed by atoms with Crippen LogP contribution in [0.5, 0.6) is 0 Å². The molecule has 170 valence electrons. The van der Waals surface area contributed by atoms with Crippen molar-refractivity contribution in [2.75, 3.05) is 17.2 Å². The predicted molar refractivity (Wildman–Crippen MR) is 133 cm³/mol. The maximum absolute atomic E-state index is 12.2. The Kier molecular flexibility index (Phi) is 6.26. The molecule has 0 radical (unpaired) electrons. The lowest BCUT2D eigenvalue weighted by Gasteiger charge is -2.49. The van der Waals surface area contributed by atoms with Crippen LogP contribution in [0.4, 0.5) is 16.2 Å². The molecule has 2 aromatic rings. The van der Waals surface area contributed by atoms with E-state index in [4.69, 9.17) is 23.2 Å². The summed E-state index contributed by atoms with van der Waals surface area (Å²) in [5.41, 5.74) is 4.32. The average molecular weight is 472 g/mol. The van der Waals surface area contributed by atoms with Crippen molar-refractivity contribution in [3.8, 4) is 0 Å². The molecule has 2 amide bonds. The number of fused-ring (bicyclic) bond motifs is 5. The minimum atomic E-state index is -0.146. The van der Waals surface area contributed by atoms with Gasteiger partial charge in [-0.05, 0) is 85.3 Å². The van der Waals surface area contributed by atoms with Crippen molar-refractivity contribution < 1.29 is 4.79 Å². The van der Waals surface area contributed by atoms with Gasteiger partial charge in [-0.3, -0.25) is 0 Å². The fourth-order valence-electron chi connectivity index (χ4n) is 6.49. The first-order chi connectivity index (χ1) is 15.6. The third-order valence-corrected chi connectivity index (χ3v) is 8.44. The van der Waals surface area contributed by atoms with Crippen LogP contribution < -0.4 is 16.0 Å². The second kappa shape index (κ2) is 9.15. The molecule has 0 saturated heterocycles. The van der Waals surface area contributed by atoms with Crippen molar-refractivity contribution in [3.05, 3.63) is 57.6 Å². The number of nitrogens with one attached hydrogen (secondary N) is 3. The highest BCUT2D eigenvalue weighted by Crippen LogP contribution is 2.60. The Morgan fingerprint density at radius 1 is 1.09 bits per heavy atom. The maximum Gasteiger partial charge on any atom is 0.319 e. The normalized spacial score (nSPS) is 28.2. The van der Waals surface area contributed by atoms with Gasteiger partial charge in [-0.25, -0.2) is 4.79 Å². The molecule has 0 bridgehead atoms. The number of urea groups is 1. The molecule has 3 aliphatic rings. The van der Waals surface area contributed by atoms with Crippen LogP contribution in [0, 0.1) is 17.8 Å². The third-order valence-electron chi connectivity index (χ3n) is 7.78. The maximum atomic E-state index is 12.2. The number of carbonyl (C=O) groups is 1. The standard InChI is InChI=1S/C26H31Cl2N3O/c1-2-13-29-26(32)30-16-10-12-22-19(14-16)18-11-9-15-5-3-6-17(15)23(18)25(31-22)24-20(27)7-4-8-21(24)28/h4,7-8,10,12,14-15,17-18,23,25,31H,2-3,5-6,9,11,13H2,1H3,(H2,29,30,32). The molecule has 2 saturated carbocycles. The van der Waals surface area contributed by atoms with E-state index in [0.717, 1.165) is 39.3 Å². The Balaban J connectivity index is 1.53. The van der Waals surface area contributed by atoms with Crippen LogP contribution in [0.3, 0.4) is 0 Å². The van der Waals surface area contributed by atoms with Crippen LogP contribution in [0.25, 0.3) is 0 Å². The first-order valence-corrected chi connectivity index (χ1v) is 12.7. The van der Waals surface area contributed by atoms with Crippen molar-refractivity contribution in [1.29, 1.82) is 0 Å². The van der Waals surface area contributed by atoms with E-state index in [9.17, 15) is 4.79 Å². The quantitative estimate of drug-likeness (QED) is 0.429. The number of benzene rings is 2. The minimum absolute atomic E-state index is 0.103. The zero-order valence-corrected chi connectivity index (χ0v) is 20.0. The highest BCUT2D eigenvalue weighted by molar-refractivity contribution is 6.36. The van der Waals surface area contributed by atoms with Gasteiger partial charge in [0.1, 0.15) is 0 Å². The molecule has 5 rings (SSSR count). The third kappa shape index (κ3) is 3.97. The molecule has 3 N–H and O–H groups in total. The second-order valence-electron chi connectivity index (χ2n) is 9.56. The Labute approximate surface area is 200 Å². The fourth-order valence-corrected chi connectivity index (χ4v) is 7.12. The molecule has 2 aliphatic carbocycles. The van der Waals surface area contributed by atoms with E-state index in [-0.39, 0.29) is 12.1 Å². The smallest absolute Gasteiger partial charge is 0.319 e. The molecule has 32 heavy (non-hydrogen) atoms. The molecular formula is C26H31Cl2N3O. The van der Waals surface area contributed by atoms with Crippen LogP contribution in [-0.4, -0.2) is 12.6 Å². The van der Waals surface area contributed by atoms with Crippen LogP contribution in [0.1, 0.15) is 68.5 Å². The Morgan fingerprint density at radius 2 is 1.91 bits per heavy atom. The van der Waals surface area contributed by atoms with Crippen molar-refractivity contribution in [2.24, 2.45) is 17.8 Å². The predicted octanol–water partition coefficient (Wildman–Crippen LogP) is 7.60. The number of hydrogen-bond donors (Lipinski definition) is 3. The van der Waals surface area contributed by atoms with Gasteiger partial charge in [-0.15, -0.1) is 0 Å². The van der Waals surface area contributed by atoms with E-state index in [0.29, 0.717) is 24.3 Å². The number of anilines is 2. The minimum Gasteiger partial charge on any atom is -0.378 e. The summed E-state index contributed by atoms with van der Waals surface area (Å²) >= 11 is 13.4. The molecule has 5 atom stereocenters. The molecule has 6 heteroatoms. The Hall–Kier alpha value is -1.91. The van der Waals surface area contributed by atoms with Crippen LogP contribution >= 0.6 is 23.2 Å². The fraction of sp³-hybridized carbons (Fsp3) is 0.500. The van der Waals surface area contributed by atoms with Crippen LogP contribution in [0.2, 0.25) is 10.0 Å². The highest BCUT2D eigenvalue weighted by atomic mass is 35.5. The van der Waals surface area contributed by atoms with E-state index in [1.54, 1.807) is 0 Å². The number of rotatable bonds is 4. The molecule has 0 spiro atoms. The molecule has 1 aliphatic heterocycles. The lowest BCUT2D eigenvalue weighted by Crippen LogP contribution is -2.41. The van der Waals surface area contributed by atoms with Crippen molar-refractivity contribution in [1.82, 2.24) is 5.32 Å². The first kappa shape index (κ1) is 21.9. The van der Waals surface area contributed by atoms with Crippen molar-refractivity contribution >= 4 is 40.6 Å². The lowest BCUT2D eigenvalue weighted by molar-refractivity contribution is 0.129. The topological polar surface area (TPSA) is 53.2 Å². The second-order valence-corrected chi connectivity index (χ2v) is 10.4. The summed E-state index contributed by atoms with van der Waals surface area (Å²) in [6.45, 7) is 2.72. The van der Waals surface area contributed by atoms with Crippen LogP contribution in [-0.2, 0) is 0 Å². The van der Waals surface area contributed by atoms with Gasteiger partial charge in [0.05, 0.1) is 6.04 Å². The van der Waals surface area contributed by atoms with Gasteiger partial charge in [0, 0.05) is 33.5 Å². The Morgan fingerprint density at radius 3 is 2.69 bits per heavy atom. The zero-order valence-electron chi connectivity index (χ0n) is 18.5. The van der Waals surface area contributed by atoms with Crippen molar-refractivity contribution in [2.45, 2.75) is 57.4 Å². The van der Waals surface area contributed by atoms with E-state index in [2.05, 4.69) is 28.1 Å². The van der Waals surface area contributed by atoms with Gasteiger partial charge in [0.25, 0.3) is 0 Å². The zero-order chi connectivity index (χ0) is 22.2. The van der Waals surface area contributed by atoms with Gasteiger partial charge in [0.2, 0.25) is 0 Å². The highest BCUT2D eigenvalue weighted by Gasteiger charge is 2.49. The summed E-state index contributed by atoms with van der Waals surface area (Å²) in [6, 6.07) is 12.0. The van der Waals surface area contributed by atoms with Gasteiger partial charge in [-0.2, -0.15) is 0 Å². The average Bonchev–Trinajstić information content (AvgIpc) is 3.26. The monoisotopic (exact) mass is 471 g/mol. The summed E-state index contributed by atoms with van der Waals surface area (Å²) in [4.78, 5) is 12.2. The summed E-state index contributed by atoms with van der Waals surface area (Å²) in [5.74, 6) is 2.36. The van der Waals surface area contributed by atoms with E-state index < -0.39 is 0 Å². The number of amides is 2. The van der Waals surface area contributed by atoms with E-state index in [1.807, 2.05) is 31.2 Å². The largest absolute Gasteiger partial charge is 0.378 e. The van der Waals surface area contributed by atoms with Gasteiger partial charge < -0.3 is 16.0 Å². The molecule has 1 heterocycles. The number of hydrogen-bond acceptors (Lipinski definition) is 2. The summed E-state index contributed by atoms with van der Waals surface area (Å²) in [7, 11) is 0. The molecule has 2 fully saturated rings. The summed E-state index contributed by atoms with van der Waals surface area (Å²) in [6.07, 6.45) is 7.29. The molecule has 2 aromatic carbocycles. The Bertz CT molecular complexity index is 990. The summed E-state index contributed by atoms with van der Waals surface area (Å²) < 4.78 is 0. The van der Waals surface area contributed by atoms with E-state index in [1.165, 1.54) is 37.7 Å². The summed E-state index contributed by atoms with van der Waals surface area (Å²) in [5, 5.41) is 11.2. The molecule has 0 aromatic heterocycles. The molecular weight excluding hydrogens is 441 g/mol. The number of halogens is 2. The first-order valence-electron chi connectivity index (χ1n) is 12.0. The number of carbonyl (C=O) groups excluding carboxylic acids is 1. The van der Waals surface area contributed by atoms with Gasteiger partial charge >= 0.3 is 6.03 Å². The van der Waals surface area contributed by atoms with Crippen molar-refractivity contribution in [3.63, 3.8) is 0 Å². The SMILES string of the molecule is CCCNC(=O)Nc1ccc2c(c1)C1CCC3CCCC3C1C(c1c(Cl)cccc1Cl)N2. The van der Waals surface area contributed by atoms with Gasteiger partial charge in [-0.1, -0.05) is 49.0 Å². The molecule has 4 nitrogen and oxygen atoms in total. The van der Waals surface area contributed by atoms with Crippen LogP contribution in [0.15, 0.2) is 36.4 Å².